The second-order valence-electron chi connectivity index (χ2n) is 8.40. The molecule has 0 spiro atoms. The number of amides is 1. The minimum atomic E-state index is -2.51. The molecule has 2 saturated carbocycles. The summed E-state index contributed by atoms with van der Waals surface area (Å²) in [5, 5.41) is 6.30. The molecule has 2 fully saturated rings. The summed E-state index contributed by atoms with van der Waals surface area (Å²) in [5.41, 5.74) is 1.59. The van der Waals surface area contributed by atoms with E-state index in [1.165, 1.54) is 0 Å². The Morgan fingerprint density at radius 1 is 1.11 bits per heavy atom. The molecule has 0 unspecified atom stereocenters. The van der Waals surface area contributed by atoms with E-state index >= 15 is 0 Å². The summed E-state index contributed by atoms with van der Waals surface area (Å²) in [6.45, 7) is 0.260. The van der Waals surface area contributed by atoms with Crippen LogP contribution in [0.25, 0.3) is 0 Å². The molecule has 1 aliphatic heterocycles. The van der Waals surface area contributed by atoms with E-state index in [9.17, 15) is 18.0 Å². The SMILES string of the molecule is O=C1NCc2c1ccc(C[C@H]1CCCC[C@@H]1NC1CCC(F)(F)CC1)c2F. The third-order valence-electron chi connectivity index (χ3n) is 6.55. The molecule has 1 amide bonds. The van der Waals surface area contributed by atoms with Gasteiger partial charge in [0.15, 0.2) is 0 Å². The van der Waals surface area contributed by atoms with Crippen molar-refractivity contribution in [3.8, 4) is 0 Å². The van der Waals surface area contributed by atoms with Crippen LogP contribution in [0.2, 0.25) is 0 Å². The van der Waals surface area contributed by atoms with Gasteiger partial charge in [-0.3, -0.25) is 4.79 Å². The van der Waals surface area contributed by atoms with E-state index in [0.29, 0.717) is 41.9 Å². The van der Waals surface area contributed by atoms with Crippen molar-refractivity contribution in [3.63, 3.8) is 0 Å². The van der Waals surface area contributed by atoms with Crippen LogP contribution >= 0.6 is 0 Å². The molecule has 0 bridgehead atoms. The number of fused-ring (bicyclic) bond motifs is 1. The molecular formula is C21H27F3N2O. The normalized spacial score (nSPS) is 28.0. The first-order chi connectivity index (χ1) is 12.9. The van der Waals surface area contributed by atoms with Gasteiger partial charge >= 0.3 is 0 Å². The maximum absolute atomic E-state index is 14.9. The van der Waals surface area contributed by atoms with E-state index < -0.39 is 5.92 Å². The lowest BCUT2D eigenvalue weighted by atomic mass is 9.79. The third-order valence-corrected chi connectivity index (χ3v) is 6.55. The van der Waals surface area contributed by atoms with Crippen molar-refractivity contribution in [2.45, 2.75) is 82.3 Å². The molecule has 148 valence electrons. The van der Waals surface area contributed by atoms with Crippen LogP contribution < -0.4 is 10.6 Å². The predicted molar refractivity (Wildman–Crippen MR) is 97.4 cm³/mol. The van der Waals surface area contributed by atoms with E-state index in [-0.39, 0.29) is 43.2 Å². The fraction of sp³-hybridized carbons (Fsp3) is 0.667. The Labute approximate surface area is 158 Å². The highest BCUT2D eigenvalue weighted by molar-refractivity contribution is 5.98. The van der Waals surface area contributed by atoms with Gasteiger partial charge in [-0.25, -0.2) is 13.2 Å². The molecular weight excluding hydrogens is 353 g/mol. The Bertz CT molecular complexity index is 712. The molecule has 0 radical (unpaired) electrons. The molecule has 4 rings (SSSR count). The van der Waals surface area contributed by atoms with E-state index in [0.717, 1.165) is 25.7 Å². The van der Waals surface area contributed by atoms with Gasteiger partial charge in [-0.15, -0.1) is 0 Å². The highest BCUT2D eigenvalue weighted by Crippen LogP contribution is 2.35. The van der Waals surface area contributed by atoms with Gasteiger partial charge in [-0.2, -0.15) is 0 Å². The van der Waals surface area contributed by atoms with Crippen LogP contribution in [-0.4, -0.2) is 23.9 Å². The Morgan fingerprint density at radius 3 is 2.63 bits per heavy atom. The molecule has 2 atom stereocenters. The molecule has 3 aliphatic rings. The van der Waals surface area contributed by atoms with Crippen molar-refractivity contribution in [2.24, 2.45) is 5.92 Å². The summed E-state index contributed by atoms with van der Waals surface area (Å²) in [5.74, 6) is -2.67. The van der Waals surface area contributed by atoms with E-state index in [1.807, 2.05) is 0 Å². The number of benzene rings is 1. The van der Waals surface area contributed by atoms with Crippen LogP contribution in [0.4, 0.5) is 13.2 Å². The number of hydrogen-bond donors (Lipinski definition) is 2. The number of alkyl halides is 2. The maximum atomic E-state index is 14.9. The van der Waals surface area contributed by atoms with Gasteiger partial charge in [0, 0.05) is 42.6 Å². The molecule has 1 aromatic carbocycles. The number of rotatable bonds is 4. The summed E-state index contributed by atoms with van der Waals surface area (Å²) in [7, 11) is 0. The quantitative estimate of drug-likeness (QED) is 0.816. The average Bonchev–Trinajstić information content (AvgIpc) is 3.02. The van der Waals surface area contributed by atoms with Gasteiger partial charge in [0.2, 0.25) is 5.92 Å². The molecule has 0 saturated heterocycles. The second-order valence-corrected chi connectivity index (χ2v) is 8.40. The topological polar surface area (TPSA) is 41.1 Å². The van der Waals surface area contributed by atoms with Crippen molar-refractivity contribution < 1.29 is 18.0 Å². The maximum Gasteiger partial charge on any atom is 0.252 e. The number of nitrogens with one attached hydrogen (secondary N) is 2. The number of carbonyl (C=O) groups is 1. The number of halogens is 3. The average molecular weight is 380 g/mol. The fourth-order valence-electron chi connectivity index (χ4n) is 4.94. The molecule has 6 heteroatoms. The highest BCUT2D eigenvalue weighted by Gasteiger charge is 2.37. The van der Waals surface area contributed by atoms with Crippen LogP contribution in [0.15, 0.2) is 12.1 Å². The molecule has 1 heterocycles. The van der Waals surface area contributed by atoms with Crippen LogP contribution in [0.3, 0.4) is 0 Å². The summed E-state index contributed by atoms with van der Waals surface area (Å²) < 4.78 is 41.7. The first-order valence-corrected chi connectivity index (χ1v) is 10.2. The summed E-state index contributed by atoms with van der Waals surface area (Å²) in [6, 6.07) is 3.86. The molecule has 27 heavy (non-hydrogen) atoms. The van der Waals surface area contributed by atoms with Crippen molar-refractivity contribution in [1.82, 2.24) is 10.6 Å². The molecule has 3 nitrogen and oxygen atoms in total. The van der Waals surface area contributed by atoms with Crippen molar-refractivity contribution in [1.29, 1.82) is 0 Å². The summed E-state index contributed by atoms with van der Waals surface area (Å²) in [6.07, 6.45) is 5.87. The lowest BCUT2D eigenvalue weighted by Gasteiger charge is -2.38. The van der Waals surface area contributed by atoms with Crippen LogP contribution in [0.1, 0.15) is 72.9 Å². The van der Waals surface area contributed by atoms with Crippen LogP contribution in [0, 0.1) is 11.7 Å². The molecule has 1 aromatic rings. The zero-order chi connectivity index (χ0) is 19.0. The summed E-state index contributed by atoms with van der Waals surface area (Å²) >= 11 is 0. The van der Waals surface area contributed by atoms with Gasteiger partial charge < -0.3 is 10.6 Å². The molecule has 2 aliphatic carbocycles. The third kappa shape index (κ3) is 4.00. The lowest BCUT2D eigenvalue weighted by molar-refractivity contribution is -0.0421. The van der Waals surface area contributed by atoms with Gasteiger partial charge in [0.1, 0.15) is 5.82 Å². The largest absolute Gasteiger partial charge is 0.348 e. The minimum Gasteiger partial charge on any atom is -0.348 e. The monoisotopic (exact) mass is 380 g/mol. The minimum absolute atomic E-state index is 0.0392. The Morgan fingerprint density at radius 2 is 1.85 bits per heavy atom. The smallest absolute Gasteiger partial charge is 0.252 e. The first-order valence-electron chi connectivity index (χ1n) is 10.2. The van der Waals surface area contributed by atoms with Crippen molar-refractivity contribution in [3.05, 3.63) is 34.6 Å². The summed E-state index contributed by atoms with van der Waals surface area (Å²) in [4.78, 5) is 11.7. The van der Waals surface area contributed by atoms with E-state index in [1.54, 1.807) is 12.1 Å². The van der Waals surface area contributed by atoms with Gasteiger partial charge in [0.05, 0.1) is 0 Å². The van der Waals surface area contributed by atoms with E-state index in [4.69, 9.17) is 0 Å². The molecule has 2 N–H and O–H groups in total. The molecule has 0 aromatic heterocycles. The van der Waals surface area contributed by atoms with Crippen molar-refractivity contribution in [2.75, 3.05) is 0 Å². The second kappa shape index (κ2) is 7.46. The standard InChI is InChI=1S/C21H27F3N2O/c22-19-14(5-6-16-17(19)12-25-20(16)27)11-13-3-1-2-4-18(13)26-15-7-9-21(23,24)10-8-15/h5-6,13,15,18,26H,1-4,7-12H2,(H,25,27)/t13-,18+/m1/s1. The van der Waals surface area contributed by atoms with Crippen molar-refractivity contribution >= 4 is 5.91 Å². The lowest BCUT2D eigenvalue weighted by Crippen LogP contribution is -2.47. The van der Waals surface area contributed by atoms with E-state index in [2.05, 4.69) is 10.6 Å². The number of hydrogen-bond acceptors (Lipinski definition) is 2. The zero-order valence-electron chi connectivity index (χ0n) is 15.5. The fourth-order valence-corrected chi connectivity index (χ4v) is 4.94. The first kappa shape index (κ1) is 18.8. The van der Waals surface area contributed by atoms with Gasteiger partial charge in [-0.1, -0.05) is 18.9 Å². The van der Waals surface area contributed by atoms with Crippen LogP contribution in [-0.2, 0) is 13.0 Å². The highest BCUT2D eigenvalue weighted by atomic mass is 19.3. The Balaban J connectivity index is 1.43. The Kier molecular flexibility index (Phi) is 5.19. The van der Waals surface area contributed by atoms with Gasteiger partial charge in [-0.05, 0) is 49.7 Å². The Hall–Kier alpha value is -1.56. The number of carbonyl (C=O) groups excluding carboxylic acids is 1. The van der Waals surface area contributed by atoms with Crippen LogP contribution in [0.5, 0.6) is 0 Å². The van der Waals surface area contributed by atoms with Gasteiger partial charge in [0.25, 0.3) is 5.91 Å². The predicted octanol–water partition coefficient (Wildman–Crippen LogP) is 4.34. The zero-order valence-corrected chi connectivity index (χ0v) is 15.5.